The van der Waals surface area contributed by atoms with Crippen LogP contribution in [0.15, 0.2) is 12.8 Å². The van der Waals surface area contributed by atoms with Gasteiger partial charge < -0.3 is 29.5 Å². The van der Waals surface area contributed by atoms with Gasteiger partial charge in [0.1, 0.15) is 24.9 Å². The number of rotatable bonds is 8. The normalized spacial score (nSPS) is 28.1. The van der Waals surface area contributed by atoms with Gasteiger partial charge in [0.2, 0.25) is 0 Å². The Morgan fingerprint density at radius 2 is 1.71 bits per heavy atom. The van der Waals surface area contributed by atoms with Crippen molar-refractivity contribution in [2.75, 3.05) is 6.61 Å². The molecule has 0 amide bonds. The molecule has 0 bridgehead atoms. The number of esters is 2. The number of aliphatic hydroxyl groups excluding tert-OH is 3. The number of hydrogen-bond acceptors (Lipinski definition) is 8. The molecule has 0 aromatic rings. The lowest BCUT2D eigenvalue weighted by molar-refractivity contribution is -0.157. The van der Waals surface area contributed by atoms with Crippen LogP contribution in [0.25, 0.3) is 0 Å². The zero-order valence-electron chi connectivity index (χ0n) is 11.5. The zero-order valence-corrected chi connectivity index (χ0v) is 11.5. The van der Waals surface area contributed by atoms with Gasteiger partial charge in [-0.25, -0.2) is 0 Å². The Bertz CT molecular complexity index is 369. The first-order chi connectivity index (χ1) is 9.95. The molecule has 0 aromatic heterocycles. The van der Waals surface area contributed by atoms with E-state index in [0.29, 0.717) is 12.8 Å². The summed E-state index contributed by atoms with van der Waals surface area (Å²) in [4.78, 5) is 22.4. The third-order valence-corrected chi connectivity index (χ3v) is 2.97. The van der Waals surface area contributed by atoms with Gasteiger partial charge in [0.25, 0.3) is 0 Å². The minimum Gasteiger partial charge on any atom is -0.463 e. The quantitative estimate of drug-likeness (QED) is 0.303. The lowest BCUT2D eigenvalue weighted by atomic mass is 10.1. The molecule has 1 saturated heterocycles. The smallest absolute Gasteiger partial charge is 0.310 e. The van der Waals surface area contributed by atoms with Crippen LogP contribution in [0, 0.1) is 0 Å². The van der Waals surface area contributed by atoms with Crippen molar-refractivity contribution in [1.29, 1.82) is 0 Å². The molecule has 1 fully saturated rings. The fraction of sp³-hybridized carbons (Fsp3) is 0.692. The highest BCUT2D eigenvalue weighted by atomic mass is 16.7. The molecule has 0 radical (unpaired) electrons. The van der Waals surface area contributed by atoms with Crippen LogP contribution in [0.2, 0.25) is 0 Å². The summed E-state index contributed by atoms with van der Waals surface area (Å²) in [6.07, 6.45) is -2.90. The van der Waals surface area contributed by atoms with Crippen LogP contribution in [0.3, 0.4) is 0 Å². The second-order valence-corrected chi connectivity index (χ2v) is 4.59. The second-order valence-electron chi connectivity index (χ2n) is 4.59. The van der Waals surface area contributed by atoms with Gasteiger partial charge >= 0.3 is 11.9 Å². The van der Waals surface area contributed by atoms with Gasteiger partial charge in [-0.1, -0.05) is 6.58 Å². The predicted molar refractivity (Wildman–Crippen MR) is 68.6 cm³/mol. The molecule has 120 valence electrons. The molecule has 21 heavy (non-hydrogen) atoms. The van der Waals surface area contributed by atoms with Crippen molar-refractivity contribution < 1.29 is 39.1 Å². The molecule has 0 saturated carbocycles. The summed E-state index contributed by atoms with van der Waals surface area (Å²) in [5.74, 6) is -0.928. The van der Waals surface area contributed by atoms with Crippen LogP contribution in [-0.2, 0) is 23.8 Å². The standard InChI is InChI=1S/C13H20O8/c1-2-19-9(14)5-3-4-6-10(15)20-7-8-11(16)12(17)13(18)21-8/h2,8,11-13,16-18H,1,3-7H2/t8-,11-,12+,13?/m1/s1. The molecule has 0 aromatic carbocycles. The monoisotopic (exact) mass is 304 g/mol. The Kier molecular flexibility index (Phi) is 7.30. The first-order valence-corrected chi connectivity index (χ1v) is 6.61. The Hall–Kier alpha value is -1.48. The average molecular weight is 304 g/mol. The Labute approximate surface area is 121 Å². The molecule has 0 aliphatic carbocycles. The largest absolute Gasteiger partial charge is 0.463 e. The molecule has 4 atom stereocenters. The number of hydrogen-bond donors (Lipinski definition) is 3. The summed E-state index contributed by atoms with van der Waals surface area (Å²) < 4.78 is 14.2. The molecule has 3 N–H and O–H groups in total. The van der Waals surface area contributed by atoms with Crippen molar-refractivity contribution in [1.82, 2.24) is 0 Å². The zero-order chi connectivity index (χ0) is 15.8. The number of carbonyl (C=O) groups excluding carboxylic acids is 2. The van der Waals surface area contributed by atoms with Crippen LogP contribution in [0.5, 0.6) is 0 Å². The van der Waals surface area contributed by atoms with Gasteiger partial charge in [-0.3, -0.25) is 9.59 Å². The Morgan fingerprint density at radius 3 is 2.24 bits per heavy atom. The van der Waals surface area contributed by atoms with E-state index in [1.165, 1.54) is 0 Å². The summed E-state index contributed by atoms with van der Waals surface area (Å²) in [5.41, 5.74) is 0. The van der Waals surface area contributed by atoms with E-state index in [2.05, 4.69) is 11.3 Å². The van der Waals surface area contributed by atoms with E-state index in [1.807, 2.05) is 0 Å². The molecule has 1 aliphatic rings. The SMILES string of the molecule is C=COC(=O)CCCCC(=O)OC[C@H]1OC(O)[C@@H](O)[C@@H]1O. The highest BCUT2D eigenvalue weighted by Gasteiger charge is 2.42. The third kappa shape index (κ3) is 5.80. The van der Waals surface area contributed by atoms with Gasteiger partial charge in [0.05, 0.1) is 6.26 Å². The Morgan fingerprint density at radius 1 is 1.10 bits per heavy atom. The minimum absolute atomic E-state index is 0.106. The first kappa shape index (κ1) is 17.6. The molecule has 1 rings (SSSR count). The maximum absolute atomic E-state index is 11.4. The maximum atomic E-state index is 11.4. The van der Waals surface area contributed by atoms with Crippen LogP contribution in [0.1, 0.15) is 25.7 Å². The Balaban J connectivity index is 2.12. The second kappa shape index (κ2) is 8.73. The number of carbonyl (C=O) groups is 2. The first-order valence-electron chi connectivity index (χ1n) is 6.61. The van der Waals surface area contributed by atoms with Crippen LogP contribution < -0.4 is 0 Å². The van der Waals surface area contributed by atoms with Crippen molar-refractivity contribution >= 4 is 11.9 Å². The van der Waals surface area contributed by atoms with E-state index in [4.69, 9.17) is 14.6 Å². The molecule has 8 heteroatoms. The van der Waals surface area contributed by atoms with Gasteiger partial charge in [0.15, 0.2) is 6.29 Å². The molecular weight excluding hydrogens is 284 g/mol. The van der Waals surface area contributed by atoms with Crippen LogP contribution in [0.4, 0.5) is 0 Å². The van der Waals surface area contributed by atoms with E-state index < -0.39 is 36.5 Å². The van der Waals surface area contributed by atoms with Gasteiger partial charge in [-0.05, 0) is 12.8 Å². The van der Waals surface area contributed by atoms with Crippen LogP contribution >= 0.6 is 0 Å². The number of ether oxygens (including phenoxy) is 3. The van der Waals surface area contributed by atoms with Crippen molar-refractivity contribution in [2.45, 2.75) is 50.3 Å². The van der Waals surface area contributed by atoms with Gasteiger partial charge in [-0.15, -0.1) is 0 Å². The lowest BCUT2D eigenvalue weighted by Gasteiger charge is -2.14. The summed E-state index contributed by atoms with van der Waals surface area (Å²) in [5, 5.41) is 27.9. The highest BCUT2D eigenvalue weighted by molar-refractivity contribution is 5.70. The van der Waals surface area contributed by atoms with E-state index in [1.54, 1.807) is 0 Å². The van der Waals surface area contributed by atoms with Gasteiger partial charge in [-0.2, -0.15) is 0 Å². The minimum atomic E-state index is -1.49. The fourth-order valence-corrected chi connectivity index (χ4v) is 1.80. The molecule has 8 nitrogen and oxygen atoms in total. The van der Waals surface area contributed by atoms with Crippen molar-refractivity contribution in [3.05, 3.63) is 12.8 Å². The summed E-state index contributed by atoms with van der Waals surface area (Å²) in [6, 6.07) is 0. The molecular formula is C13H20O8. The fourth-order valence-electron chi connectivity index (χ4n) is 1.80. The predicted octanol–water partition coefficient (Wildman–Crippen LogP) is -0.784. The molecule has 1 aliphatic heterocycles. The molecule has 1 heterocycles. The highest BCUT2D eigenvalue weighted by Crippen LogP contribution is 2.19. The van der Waals surface area contributed by atoms with E-state index in [9.17, 15) is 19.8 Å². The van der Waals surface area contributed by atoms with E-state index in [0.717, 1.165) is 6.26 Å². The van der Waals surface area contributed by atoms with Crippen LogP contribution in [-0.4, -0.2) is 58.5 Å². The van der Waals surface area contributed by atoms with Crippen molar-refractivity contribution in [3.8, 4) is 0 Å². The summed E-state index contributed by atoms with van der Waals surface area (Å²) >= 11 is 0. The number of aliphatic hydroxyl groups is 3. The topological polar surface area (TPSA) is 123 Å². The lowest BCUT2D eigenvalue weighted by Crippen LogP contribution is -2.34. The van der Waals surface area contributed by atoms with Crippen molar-refractivity contribution in [2.24, 2.45) is 0 Å². The molecule has 0 spiro atoms. The number of unbranched alkanes of at least 4 members (excludes halogenated alkanes) is 1. The summed E-state index contributed by atoms with van der Waals surface area (Å²) in [6.45, 7) is 2.99. The van der Waals surface area contributed by atoms with E-state index in [-0.39, 0.29) is 19.4 Å². The van der Waals surface area contributed by atoms with E-state index >= 15 is 0 Å². The van der Waals surface area contributed by atoms with Crippen molar-refractivity contribution in [3.63, 3.8) is 0 Å². The molecule has 1 unspecified atom stereocenters. The van der Waals surface area contributed by atoms with Gasteiger partial charge in [0, 0.05) is 12.8 Å². The maximum Gasteiger partial charge on any atom is 0.310 e. The third-order valence-electron chi connectivity index (χ3n) is 2.97. The average Bonchev–Trinajstić information content (AvgIpc) is 2.69. The summed E-state index contributed by atoms with van der Waals surface area (Å²) in [7, 11) is 0.